The minimum absolute atomic E-state index is 0.286. The molecule has 1 aliphatic rings. The van der Waals surface area contributed by atoms with E-state index in [0.717, 1.165) is 42.1 Å². The van der Waals surface area contributed by atoms with E-state index in [2.05, 4.69) is 35.6 Å². The minimum Gasteiger partial charge on any atom is -0.355 e. The monoisotopic (exact) mass is 521 g/mol. The van der Waals surface area contributed by atoms with Gasteiger partial charge in [0, 0.05) is 34.4 Å². The molecule has 5 rings (SSSR count). The maximum atomic E-state index is 14.9. The van der Waals surface area contributed by atoms with E-state index < -0.39 is 0 Å². The Morgan fingerprint density at radius 1 is 1.00 bits per heavy atom. The van der Waals surface area contributed by atoms with Gasteiger partial charge in [-0.1, -0.05) is 35.9 Å². The van der Waals surface area contributed by atoms with Gasteiger partial charge in [-0.05, 0) is 73.8 Å². The van der Waals surface area contributed by atoms with Gasteiger partial charge in [-0.25, -0.2) is 14.4 Å². The molecule has 184 valence electrons. The van der Waals surface area contributed by atoms with Gasteiger partial charge in [0.25, 0.3) is 0 Å². The average molecular weight is 522 g/mol. The highest BCUT2D eigenvalue weighted by molar-refractivity contribution is 8.00. The summed E-state index contributed by atoms with van der Waals surface area (Å²) in [5.41, 5.74) is 2.53. The molecular formula is C26H25ClFN7S. The van der Waals surface area contributed by atoms with E-state index in [-0.39, 0.29) is 11.9 Å². The first-order valence-electron chi connectivity index (χ1n) is 11.7. The van der Waals surface area contributed by atoms with Crippen LogP contribution in [0.5, 0.6) is 0 Å². The molecule has 3 aromatic carbocycles. The molecule has 1 unspecified atom stereocenters. The average Bonchev–Trinajstić information content (AvgIpc) is 2.90. The number of halogens is 2. The molecule has 0 spiro atoms. The third-order valence-electron chi connectivity index (χ3n) is 5.73. The Morgan fingerprint density at radius 2 is 1.86 bits per heavy atom. The molecular weight excluding hydrogens is 497 g/mol. The lowest BCUT2D eigenvalue weighted by Crippen LogP contribution is -2.38. The first kappa shape index (κ1) is 24.3. The van der Waals surface area contributed by atoms with Gasteiger partial charge in [0.05, 0.1) is 10.7 Å². The van der Waals surface area contributed by atoms with Crippen LogP contribution in [0.2, 0.25) is 5.02 Å². The van der Waals surface area contributed by atoms with Gasteiger partial charge in [0.2, 0.25) is 5.95 Å². The van der Waals surface area contributed by atoms with E-state index in [9.17, 15) is 4.39 Å². The smallest absolute Gasteiger partial charge is 0.226 e. The van der Waals surface area contributed by atoms with Gasteiger partial charge < -0.3 is 20.7 Å². The SMILES string of the molecule is Fc1cc(Nc2ccccc2-c2ncnc(NC3CCCNC3)n2)ccc1NSc1ccccc1Cl. The fourth-order valence-corrected chi connectivity index (χ4v) is 4.86. The number of piperidine rings is 1. The van der Waals surface area contributed by atoms with E-state index in [0.29, 0.717) is 28.2 Å². The number of nitrogens with zero attached hydrogens (tertiary/aromatic N) is 3. The van der Waals surface area contributed by atoms with Gasteiger partial charge in [-0.3, -0.25) is 0 Å². The molecule has 4 aromatic rings. The van der Waals surface area contributed by atoms with Crippen LogP contribution >= 0.6 is 23.5 Å². The van der Waals surface area contributed by atoms with E-state index in [1.165, 1.54) is 24.3 Å². The Kier molecular flexibility index (Phi) is 7.80. The number of anilines is 4. The first-order chi connectivity index (χ1) is 17.7. The van der Waals surface area contributed by atoms with Crippen molar-refractivity contribution in [3.63, 3.8) is 0 Å². The van der Waals surface area contributed by atoms with E-state index in [1.54, 1.807) is 12.1 Å². The Labute approximate surface area is 218 Å². The number of hydrogen-bond donors (Lipinski definition) is 4. The summed E-state index contributed by atoms with van der Waals surface area (Å²) in [6.45, 7) is 1.92. The standard InChI is InChI=1S/C26H25ClFN7S/c27-20-8-2-4-10-24(20)36-35-23-12-11-17(14-21(23)28)32-22-9-3-1-7-19(22)25-30-16-31-26(34-25)33-18-6-5-13-29-15-18/h1-4,7-12,14,16,18,29,32,35H,5-6,13,15H2,(H,30,31,33,34). The summed E-state index contributed by atoms with van der Waals surface area (Å²) in [6.07, 6.45) is 3.69. The summed E-state index contributed by atoms with van der Waals surface area (Å²) in [5.74, 6) is 0.694. The predicted molar refractivity (Wildman–Crippen MR) is 145 cm³/mol. The highest BCUT2D eigenvalue weighted by Gasteiger charge is 2.15. The summed E-state index contributed by atoms with van der Waals surface area (Å²) in [4.78, 5) is 14.1. The van der Waals surface area contributed by atoms with E-state index >= 15 is 0 Å². The molecule has 7 nitrogen and oxygen atoms in total. The van der Waals surface area contributed by atoms with Crippen LogP contribution in [-0.4, -0.2) is 34.1 Å². The molecule has 0 aliphatic carbocycles. The van der Waals surface area contributed by atoms with Gasteiger partial charge in [-0.2, -0.15) is 4.98 Å². The van der Waals surface area contributed by atoms with Crippen LogP contribution in [0.25, 0.3) is 11.4 Å². The molecule has 0 amide bonds. The molecule has 0 radical (unpaired) electrons. The zero-order chi connectivity index (χ0) is 24.7. The maximum absolute atomic E-state index is 14.9. The van der Waals surface area contributed by atoms with Crippen LogP contribution in [0.4, 0.5) is 27.4 Å². The summed E-state index contributed by atoms with van der Waals surface area (Å²) in [7, 11) is 0. The van der Waals surface area contributed by atoms with Crippen molar-refractivity contribution in [2.24, 2.45) is 0 Å². The number of aromatic nitrogens is 3. The molecule has 1 atom stereocenters. The third-order valence-corrected chi connectivity index (χ3v) is 7.07. The maximum Gasteiger partial charge on any atom is 0.226 e. The van der Waals surface area contributed by atoms with Crippen molar-refractivity contribution in [2.75, 3.05) is 28.4 Å². The second-order valence-corrected chi connectivity index (χ2v) is 9.58. The quantitative estimate of drug-likeness (QED) is 0.199. The highest BCUT2D eigenvalue weighted by Crippen LogP contribution is 2.32. The molecule has 1 fully saturated rings. The van der Waals surface area contributed by atoms with Crippen LogP contribution in [0.15, 0.2) is 78.0 Å². The van der Waals surface area contributed by atoms with Crippen LogP contribution in [0.3, 0.4) is 0 Å². The van der Waals surface area contributed by atoms with Crippen molar-refractivity contribution in [3.8, 4) is 11.4 Å². The highest BCUT2D eigenvalue weighted by atomic mass is 35.5. The zero-order valence-electron chi connectivity index (χ0n) is 19.3. The largest absolute Gasteiger partial charge is 0.355 e. The second kappa shape index (κ2) is 11.6. The molecule has 0 saturated carbocycles. The van der Waals surface area contributed by atoms with Crippen molar-refractivity contribution in [3.05, 3.63) is 83.9 Å². The number of nitrogens with one attached hydrogen (secondary N) is 4. The number of hydrogen-bond acceptors (Lipinski definition) is 8. The lowest BCUT2D eigenvalue weighted by atomic mass is 10.1. The van der Waals surface area contributed by atoms with Gasteiger partial charge in [0.1, 0.15) is 12.1 Å². The van der Waals surface area contributed by atoms with Gasteiger partial charge >= 0.3 is 0 Å². The molecule has 4 N–H and O–H groups in total. The summed E-state index contributed by atoms with van der Waals surface area (Å²) in [5, 5.41) is 10.7. The van der Waals surface area contributed by atoms with Crippen LogP contribution in [-0.2, 0) is 0 Å². The minimum atomic E-state index is -0.384. The lowest BCUT2D eigenvalue weighted by Gasteiger charge is -2.23. The van der Waals surface area contributed by atoms with Crippen LogP contribution < -0.4 is 20.7 Å². The zero-order valence-corrected chi connectivity index (χ0v) is 20.9. The molecule has 36 heavy (non-hydrogen) atoms. The van der Waals surface area contributed by atoms with Crippen molar-refractivity contribution in [2.45, 2.75) is 23.8 Å². The number of para-hydroxylation sites is 1. The summed E-state index contributed by atoms with van der Waals surface area (Å²) < 4.78 is 17.9. The summed E-state index contributed by atoms with van der Waals surface area (Å²) >= 11 is 7.45. The molecule has 2 heterocycles. The molecule has 1 aliphatic heterocycles. The normalized spacial score (nSPS) is 15.3. The van der Waals surface area contributed by atoms with Crippen molar-refractivity contribution < 1.29 is 4.39 Å². The fourth-order valence-electron chi connectivity index (χ4n) is 3.91. The molecule has 1 aromatic heterocycles. The topological polar surface area (TPSA) is 86.8 Å². The van der Waals surface area contributed by atoms with Crippen molar-refractivity contribution in [1.82, 2.24) is 20.3 Å². The van der Waals surface area contributed by atoms with Gasteiger partial charge in [0.15, 0.2) is 5.82 Å². The third kappa shape index (κ3) is 6.04. The van der Waals surface area contributed by atoms with Gasteiger partial charge in [-0.15, -0.1) is 0 Å². The first-order valence-corrected chi connectivity index (χ1v) is 12.8. The number of rotatable bonds is 8. The molecule has 10 heteroatoms. The van der Waals surface area contributed by atoms with Crippen molar-refractivity contribution >= 4 is 46.6 Å². The van der Waals surface area contributed by atoms with E-state index in [1.807, 2.05) is 48.5 Å². The van der Waals surface area contributed by atoms with E-state index in [4.69, 9.17) is 11.6 Å². The van der Waals surface area contributed by atoms with Crippen LogP contribution in [0.1, 0.15) is 12.8 Å². The fraction of sp³-hybridized carbons (Fsp3) is 0.192. The van der Waals surface area contributed by atoms with Crippen molar-refractivity contribution in [1.29, 1.82) is 0 Å². The lowest BCUT2D eigenvalue weighted by molar-refractivity contribution is 0.478. The van der Waals surface area contributed by atoms with Crippen LogP contribution in [0, 0.1) is 5.82 Å². The molecule has 0 bridgehead atoms. The Balaban J connectivity index is 1.30. The Morgan fingerprint density at radius 3 is 2.69 bits per heavy atom. The second-order valence-electron chi connectivity index (χ2n) is 8.32. The predicted octanol–water partition coefficient (Wildman–Crippen LogP) is 6.36. The Hall–Kier alpha value is -3.40. The Bertz CT molecular complexity index is 1330. The molecule has 1 saturated heterocycles. The number of benzene rings is 3. The summed E-state index contributed by atoms with van der Waals surface area (Å²) in [6, 6.07) is 20.3.